The van der Waals surface area contributed by atoms with Crippen molar-refractivity contribution in [2.24, 2.45) is 0 Å². The molecular weight excluding hydrogens is 435 g/mol. The summed E-state index contributed by atoms with van der Waals surface area (Å²) in [5.41, 5.74) is 3.54. The van der Waals surface area contributed by atoms with E-state index in [1.54, 1.807) is 6.07 Å². The number of hydrogen-bond acceptors (Lipinski definition) is 2. The minimum absolute atomic E-state index is 0.0616. The molecule has 0 amide bonds. The standard InChI is InChI=1S/C32H37FO2/c1-3-5-6-7-8-9-10-11-13-23-14-16-24(17-15-23)26-19-20-27-28-21-18-25(12-4-2)30(33)31(28)35-32(34)29(27)22-26/h14-22H,3-13H2,1-2H3. The molecule has 0 radical (unpaired) electrons. The van der Waals surface area contributed by atoms with Crippen LogP contribution in [0.5, 0.6) is 0 Å². The molecule has 0 fully saturated rings. The molecule has 35 heavy (non-hydrogen) atoms. The van der Waals surface area contributed by atoms with Crippen LogP contribution in [0.4, 0.5) is 4.39 Å². The summed E-state index contributed by atoms with van der Waals surface area (Å²) in [6, 6.07) is 18.1. The zero-order chi connectivity index (χ0) is 24.6. The van der Waals surface area contributed by atoms with Gasteiger partial charge < -0.3 is 4.42 Å². The molecule has 3 aromatic carbocycles. The van der Waals surface area contributed by atoms with Crippen LogP contribution in [0, 0.1) is 5.82 Å². The molecule has 4 rings (SSSR count). The lowest BCUT2D eigenvalue weighted by atomic mass is 9.97. The van der Waals surface area contributed by atoms with E-state index in [1.165, 1.54) is 56.9 Å². The highest BCUT2D eigenvalue weighted by atomic mass is 19.1. The molecule has 0 unspecified atom stereocenters. The van der Waals surface area contributed by atoms with E-state index in [-0.39, 0.29) is 5.58 Å². The Balaban J connectivity index is 1.46. The molecule has 0 aliphatic heterocycles. The lowest BCUT2D eigenvalue weighted by Crippen LogP contribution is -2.02. The molecule has 0 spiro atoms. The van der Waals surface area contributed by atoms with Gasteiger partial charge in [-0.15, -0.1) is 0 Å². The van der Waals surface area contributed by atoms with Gasteiger partial charge in [0.25, 0.3) is 0 Å². The first-order valence-electron chi connectivity index (χ1n) is 13.4. The van der Waals surface area contributed by atoms with Crippen LogP contribution >= 0.6 is 0 Å². The molecule has 0 aliphatic rings. The van der Waals surface area contributed by atoms with Crippen LogP contribution in [-0.2, 0) is 12.8 Å². The van der Waals surface area contributed by atoms with E-state index in [0.717, 1.165) is 29.4 Å². The summed E-state index contributed by atoms with van der Waals surface area (Å²) < 4.78 is 20.4. The summed E-state index contributed by atoms with van der Waals surface area (Å²) in [4.78, 5) is 12.8. The summed E-state index contributed by atoms with van der Waals surface area (Å²) in [5.74, 6) is -0.417. The van der Waals surface area contributed by atoms with E-state index >= 15 is 0 Å². The van der Waals surface area contributed by atoms with Crippen LogP contribution in [-0.4, -0.2) is 0 Å². The highest BCUT2D eigenvalue weighted by Gasteiger charge is 2.15. The van der Waals surface area contributed by atoms with E-state index in [1.807, 2.05) is 31.2 Å². The van der Waals surface area contributed by atoms with Crippen molar-refractivity contribution in [1.29, 1.82) is 0 Å². The first kappa shape index (κ1) is 25.2. The van der Waals surface area contributed by atoms with Crippen LogP contribution in [0.2, 0.25) is 0 Å². The molecule has 4 aromatic rings. The number of fused-ring (bicyclic) bond motifs is 3. The molecule has 0 atom stereocenters. The molecule has 184 valence electrons. The Morgan fingerprint density at radius 2 is 1.31 bits per heavy atom. The second kappa shape index (κ2) is 12.2. The average Bonchev–Trinajstić information content (AvgIpc) is 2.88. The van der Waals surface area contributed by atoms with Gasteiger partial charge in [0.1, 0.15) is 0 Å². The summed E-state index contributed by atoms with van der Waals surface area (Å²) in [7, 11) is 0. The molecule has 0 saturated heterocycles. The Bertz CT molecular complexity index is 1320. The van der Waals surface area contributed by atoms with Crippen molar-refractivity contribution in [3.05, 3.63) is 82.0 Å². The second-order valence-electron chi connectivity index (χ2n) is 9.74. The van der Waals surface area contributed by atoms with Crippen molar-refractivity contribution in [1.82, 2.24) is 0 Å². The first-order chi connectivity index (χ1) is 17.1. The van der Waals surface area contributed by atoms with E-state index in [9.17, 15) is 9.18 Å². The molecule has 3 heteroatoms. The SMILES string of the molecule is CCCCCCCCCCc1ccc(-c2ccc3c(c2)c(=O)oc2c(F)c(CCC)ccc23)cc1. The van der Waals surface area contributed by atoms with Gasteiger partial charge in [0.05, 0.1) is 5.39 Å². The molecule has 1 aromatic heterocycles. The topological polar surface area (TPSA) is 30.2 Å². The van der Waals surface area contributed by atoms with Gasteiger partial charge in [-0.2, -0.15) is 0 Å². The van der Waals surface area contributed by atoms with Crippen molar-refractivity contribution in [2.45, 2.75) is 84.5 Å². The number of unbranched alkanes of at least 4 members (excludes halogenated alkanes) is 7. The maximum Gasteiger partial charge on any atom is 0.344 e. The molecule has 2 nitrogen and oxygen atoms in total. The number of aryl methyl sites for hydroxylation is 2. The summed E-state index contributed by atoms with van der Waals surface area (Å²) >= 11 is 0. The Hall–Kier alpha value is -2.94. The smallest absolute Gasteiger partial charge is 0.344 e. The number of halogens is 1. The van der Waals surface area contributed by atoms with Gasteiger partial charge in [-0.3, -0.25) is 0 Å². The van der Waals surface area contributed by atoms with Gasteiger partial charge in [0.2, 0.25) is 0 Å². The molecular formula is C32H37FO2. The highest BCUT2D eigenvalue weighted by molar-refractivity contribution is 6.05. The Labute approximate surface area is 208 Å². The second-order valence-corrected chi connectivity index (χ2v) is 9.74. The lowest BCUT2D eigenvalue weighted by molar-refractivity contribution is 0.524. The first-order valence-corrected chi connectivity index (χ1v) is 13.4. The van der Waals surface area contributed by atoms with Gasteiger partial charge in [-0.05, 0) is 47.6 Å². The van der Waals surface area contributed by atoms with Gasteiger partial charge in [0.15, 0.2) is 11.4 Å². The van der Waals surface area contributed by atoms with Crippen molar-refractivity contribution in [3.8, 4) is 11.1 Å². The van der Waals surface area contributed by atoms with Crippen molar-refractivity contribution in [3.63, 3.8) is 0 Å². The van der Waals surface area contributed by atoms with Crippen LogP contribution in [0.3, 0.4) is 0 Å². The molecule has 0 N–H and O–H groups in total. The van der Waals surface area contributed by atoms with Crippen molar-refractivity contribution >= 4 is 21.7 Å². The van der Waals surface area contributed by atoms with Gasteiger partial charge in [-0.1, -0.05) is 114 Å². The predicted molar refractivity (Wildman–Crippen MR) is 146 cm³/mol. The largest absolute Gasteiger partial charge is 0.419 e. The van der Waals surface area contributed by atoms with Gasteiger partial charge >= 0.3 is 5.63 Å². The fourth-order valence-electron chi connectivity index (χ4n) is 4.97. The van der Waals surface area contributed by atoms with E-state index in [2.05, 4.69) is 31.2 Å². The minimum atomic E-state index is -0.492. The maximum atomic E-state index is 14.9. The predicted octanol–water partition coefficient (Wildman–Crippen LogP) is 9.39. The monoisotopic (exact) mass is 472 g/mol. The van der Waals surface area contributed by atoms with Crippen LogP contribution in [0.25, 0.3) is 32.9 Å². The zero-order valence-electron chi connectivity index (χ0n) is 21.2. The van der Waals surface area contributed by atoms with Crippen LogP contribution in [0.15, 0.2) is 63.8 Å². The van der Waals surface area contributed by atoms with Crippen molar-refractivity contribution < 1.29 is 8.81 Å². The zero-order valence-corrected chi connectivity index (χ0v) is 21.2. The Morgan fingerprint density at radius 1 is 0.657 bits per heavy atom. The van der Waals surface area contributed by atoms with E-state index in [0.29, 0.717) is 22.8 Å². The number of hydrogen-bond donors (Lipinski definition) is 0. The summed E-state index contributed by atoms with van der Waals surface area (Å²) in [6.45, 7) is 4.26. The molecule has 0 saturated carbocycles. The Morgan fingerprint density at radius 3 is 2.03 bits per heavy atom. The van der Waals surface area contributed by atoms with Crippen LogP contribution in [0.1, 0.15) is 82.8 Å². The maximum absolute atomic E-state index is 14.9. The number of benzene rings is 3. The fourth-order valence-corrected chi connectivity index (χ4v) is 4.97. The summed E-state index contributed by atoms with van der Waals surface area (Å²) in [6.07, 6.45) is 13.2. The third-order valence-corrected chi connectivity index (χ3v) is 7.03. The number of rotatable bonds is 12. The summed E-state index contributed by atoms with van der Waals surface area (Å²) in [5, 5.41) is 1.86. The van der Waals surface area contributed by atoms with E-state index in [4.69, 9.17) is 4.42 Å². The molecule has 1 heterocycles. The van der Waals surface area contributed by atoms with E-state index < -0.39 is 11.4 Å². The minimum Gasteiger partial charge on any atom is -0.419 e. The third kappa shape index (κ3) is 6.01. The van der Waals surface area contributed by atoms with Crippen molar-refractivity contribution in [2.75, 3.05) is 0 Å². The quantitative estimate of drug-likeness (QED) is 0.117. The lowest BCUT2D eigenvalue weighted by Gasteiger charge is -2.09. The fraction of sp³-hybridized carbons (Fsp3) is 0.406. The molecule has 0 aliphatic carbocycles. The van der Waals surface area contributed by atoms with Gasteiger partial charge in [0, 0.05) is 10.8 Å². The average molecular weight is 473 g/mol. The molecule has 0 bridgehead atoms. The van der Waals surface area contributed by atoms with Crippen LogP contribution < -0.4 is 5.63 Å². The third-order valence-electron chi connectivity index (χ3n) is 7.03. The Kier molecular flexibility index (Phi) is 8.74. The highest BCUT2D eigenvalue weighted by Crippen LogP contribution is 2.30. The normalized spacial score (nSPS) is 11.5. The van der Waals surface area contributed by atoms with Gasteiger partial charge in [-0.25, -0.2) is 9.18 Å².